The molecule has 0 saturated heterocycles. The summed E-state index contributed by atoms with van der Waals surface area (Å²) < 4.78 is 28.5. The minimum atomic E-state index is -4.94. The summed E-state index contributed by atoms with van der Waals surface area (Å²) in [5.41, 5.74) is 0.928. The first-order valence-electron chi connectivity index (χ1n) is 5.84. The number of carbonyl (C=O) groups is 2. The van der Waals surface area contributed by atoms with Gasteiger partial charge in [0.15, 0.2) is 0 Å². The van der Waals surface area contributed by atoms with Gasteiger partial charge in [-0.05, 0) is 18.1 Å². The Hall–Kier alpha value is -0.390. The van der Waals surface area contributed by atoms with Gasteiger partial charge in [-0.3, -0.25) is 4.55 Å². The Morgan fingerprint density at radius 1 is 1.21 bits per heavy atom. The molecule has 0 saturated carbocycles. The van der Waals surface area contributed by atoms with E-state index >= 15 is 0 Å². The van der Waals surface area contributed by atoms with Gasteiger partial charge in [0.2, 0.25) is 0 Å². The monoisotopic (exact) mass is 376 g/mol. The first-order chi connectivity index (χ1) is 10.1. The fraction of sp³-hybridized carbons (Fsp3) is 0.231. The van der Waals surface area contributed by atoms with Gasteiger partial charge in [0.25, 0.3) is 10.1 Å². The normalized spacial score (nSPS) is 10.7. The Balaban J connectivity index is -0.000000342. The van der Waals surface area contributed by atoms with Gasteiger partial charge in [0.1, 0.15) is 11.0 Å². The summed E-state index contributed by atoms with van der Waals surface area (Å²) in [6.07, 6.45) is 1.17. The predicted molar refractivity (Wildman–Crippen MR) is 72.0 cm³/mol. The summed E-state index contributed by atoms with van der Waals surface area (Å²) in [5, 5.41) is 26.4. The molecule has 11 heteroatoms. The number of benzene rings is 1. The molecule has 0 amide bonds. The molecule has 0 fully saturated rings. The van der Waals surface area contributed by atoms with Gasteiger partial charge >= 0.3 is 59.1 Å². The first-order valence-corrected chi connectivity index (χ1v) is 7.34. The minimum absolute atomic E-state index is 0. The van der Waals surface area contributed by atoms with Gasteiger partial charge in [0, 0.05) is 12.4 Å². The SMILES string of the molecule is C=CCc1ccccc1O.O=C([O-])CC(C(=O)[O-])S(=O)(=O)O.[Na+].[Na+]. The number of para-hydroxylation sites is 1. The third kappa shape index (κ3) is 12.0. The zero-order valence-electron chi connectivity index (χ0n) is 13.3. The van der Waals surface area contributed by atoms with Crippen molar-refractivity contribution >= 4 is 22.1 Å². The molecule has 0 radical (unpaired) electrons. The van der Waals surface area contributed by atoms with E-state index in [0.29, 0.717) is 5.75 Å². The van der Waals surface area contributed by atoms with E-state index in [-0.39, 0.29) is 59.1 Å². The molecule has 0 aliphatic heterocycles. The summed E-state index contributed by atoms with van der Waals surface area (Å²) in [5.74, 6) is -3.73. The third-order valence-electron chi connectivity index (χ3n) is 2.33. The van der Waals surface area contributed by atoms with Crippen LogP contribution >= 0.6 is 0 Å². The average molecular weight is 376 g/mol. The van der Waals surface area contributed by atoms with E-state index in [1.807, 2.05) is 18.2 Å². The molecule has 0 aromatic heterocycles. The second-order valence-electron chi connectivity index (χ2n) is 4.02. The molecule has 0 bridgehead atoms. The van der Waals surface area contributed by atoms with E-state index in [2.05, 4.69) is 6.58 Å². The van der Waals surface area contributed by atoms with Crippen molar-refractivity contribution in [3.63, 3.8) is 0 Å². The molecule has 0 aliphatic rings. The Morgan fingerprint density at radius 3 is 2.00 bits per heavy atom. The van der Waals surface area contributed by atoms with Crippen molar-refractivity contribution in [2.24, 2.45) is 0 Å². The number of hydrogen-bond donors (Lipinski definition) is 2. The van der Waals surface area contributed by atoms with Crippen LogP contribution in [-0.2, 0) is 26.1 Å². The quantitative estimate of drug-likeness (QED) is 0.282. The van der Waals surface area contributed by atoms with Crippen molar-refractivity contribution in [1.82, 2.24) is 0 Å². The summed E-state index contributed by atoms with van der Waals surface area (Å²) in [4.78, 5) is 19.7. The van der Waals surface area contributed by atoms with E-state index < -0.39 is 33.7 Å². The van der Waals surface area contributed by atoms with E-state index in [1.54, 1.807) is 12.1 Å². The van der Waals surface area contributed by atoms with Gasteiger partial charge in [-0.1, -0.05) is 24.3 Å². The smallest absolute Gasteiger partial charge is 0.550 e. The summed E-state index contributed by atoms with van der Waals surface area (Å²) >= 11 is 0. The number of carboxylic acids is 2. The van der Waals surface area contributed by atoms with E-state index in [0.717, 1.165) is 12.0 Å². The van der Waals surface area contributed by atoms with E-state index in [4.69, 9.17) is 4.55 Å². The number of rotatable bonds is 6. The van der Waals surface area contributed by atoms with Crippen molar-refractivity contribution in [3.05, 3.63) is 42.5 Å². The molecule has 1 aromatic carbocycles. The number of carbonyl (C=O) groups excluding carboxylic acids is 2. The molecule has 0 spiro atoms. The van der Waals surface area contributed by atoms with Crippen LogP contribution in [0.3, 0.4) is 0 Å². The van der Waals surface area contributed by atoms with Crippen molar-refractivity contribution in [2.45, 2.75) is 18.1 Å². The minimum Gasteiger partial charge on any atom is -0.550 e. The van der Waals surface area contributed by atoms with Crippen LogP contribution in [0, 0.1) is 0 Å². The van der Waals surface area contributed by atoms with E-state index in [9.17, 15) is 33.3 Å². The van der Waals surface area contributed by atoms with Gasteiger partial charge < -0.3 is 24.9 Å². The Morgan fingerprint density at radius 2 is 1.71 bits per heavy atom. The molecule has 24 heavy (non-hydrogen) atoms. The fourth-order valence-corrected chi connectivity index (χ4v) is 1.89. The maximum absolute atomic E-state index is 10.2. The van der Waals surface area contributed by atoms with Crippen molar-refractivity contribution in [1.29, 1.82) is 0 Å². The second-order valence-corrected chi connectivity index (χ2v) is 5.62. The van der Waals surface area contributed by atoms with Crippen LogP contribution in [0.15, 0.2) is 36.9 Å². The number of aliphatic carboxylic acids is 2. The number of phenols is 1. The van der Waals surface area contributed by atoms with E-state index in [1.165, 1.54) is 0 Å². The molecule has 8 nitrogen and oxygen atoms in total. The fourth-order valence-electron chi connectivity index (χ4n) is 1.30. The number of aromatic hydroxyl groups is 1. The topological polar surface area (TPSA) is 155 Å². The summed E-state index contributed by atoms with van der Waals surface area (Å²) in [7, 11) is -4.94. The summed E-state index contributed by atoms with van der Waals surface area (Å²) in [6.45, 7) is 3.59. The Kier molecular flexibility index (Phi) is 16.4. The standard InChI is InChI=1S/C9H10O.C4H6O7S.2Na/c1-2-5-8-6-3-4-7-9(8)10;5-3(6)1-2(4(7)8)12(9,10)11;;/h2-4,6-7,10H,1,5H2;2H,1H2,(H,5,6)(H,7,8)(H,9,10,11);;/q;;2*+1/p-2. The van der Waals surface area contributed by atoms with Crippen molar-refractivity contribution in [2.75, 3.05) is 0 Å². The van der Waals surface area contributed by atoms with Crippen molar-refractivity contribution < 1.29 is 97.0 Å². The zero-order valence-corrected chi connectivity index (χ0v) is 18.2. The number of phenolic OH excluding ortho intramolecular Hbond substituents is 1. The zero-order chi connectivity index (χ0) is 17.3. The predicted octanol–water partition coefficient (Wildman–Crippen LogP) is -7.74. The number of carboxylic acid groups (broad SMARTS) is 2. The molecule has 0 aliphatic carbocycles. The second kappa shape index (κ2) is 13.9. The molecule has 1 aromatic rings. The Labute approximate surface area is 183 Å². The van der Waals surface area contributed by atoms with Crippen LogP contribution in [0.2, 0.25) is 0 Å². The van der Waals surface area contributed by atoms with Gasteiger partial charge in [0.05, 0.1) is 5.97 Å². The van der Waals surface area contributed by atoms with Crippen LogP contribution in [0.1, 0.15) is 12.0 Å². The molecule has 2 N–H and O–H groups in total. The first kappa shape index (κ1) is 28.4. The maximum atomic E-state index is 10.2. The number of hydrogen-bond acceptors (Lipinski definition) is 7. The van der Waals surface area contributed by atoms with Crippen molar-refractivity contribution in [3.8, 4) is 5.75 Å². The number of allylic oxidation sites excluding steroid dienone is 1. The summed E-state index contributed by atoms with van der Waals surface area (Å²) in [6, 6.07) is 7.27. The van der Waals surface area contributed by atoms with Crippen LogP contribution in [0.25, 0.3) is 0 Å². The largest absolute Gasteiger partial charge is 1.00 e. The van der Waals surface area contributed by atoms with Crippen LogP contribution in [0.4, 0.5) is 0 Å². The van der Waals surface area contributed by atoms with Gasteiger partial charge in [-0.15, -0.1) is 6.58 Å². The molecule has 1 unspecified atom stereocenters. The van der Waals surface area contributed by atoms with Crippen LogP contribution in [0.5, 0.6) is 5.75 Å². The molecule has 122 valence electrons. The average Bonchev–Trinajstić information content (AvgIpc) is 2.38. The van der Waals surface area contributed by atoms with Crippen LogP contribution < -0.4 is 69.3 Å². The molecule has 0 heterocycles. The third-order valence-corrected chi connectivity index (χ3v) is 3.41. The molecule has 1 rings (SSSR count). The van der Waals surface area contributed by atoms with Gasteiger partial charge in [-0.2, -0.15) is 8.42 Å². The van der Waals surface area contributed by atoms with Gasteiger partial charge in [-0.25, -0.2) is 0 Å². The molecular formula is C13H14Na2O8S. The Bertz CT molecular complexity index is 645. The molecule has 1 atom stereocenters. The molecular weight excluding hydrogens is 362 g/mol. The van der Waals surface area contributed by atoms with Crippen LogP contribution in [-0.4, -0.2) is 35.3 Å². The maximum Gasteiger partial charge on any atom is 1.00 e.